The second-order valence-corrected chi connectivity index (χ2v) is 11.7. The summed E-state index contributed by atoms with van der Waals surface area (Å²) in [6.07, 6.45) is 13.7. The maximum absolute atomic E-state index is 12.0. The van der Waals surface area contributed by atoms with E-state index < -0.39 is 0 Å². The van der Waals surface area contributed by atoms with Gasteiger partial charge in [-0.05, 0) is 87.7 Å². The molecule has 2 aliphatic rings. The van der Waals surface area contributed by atoms with E-state index in [9.17, 15) is 10.2 Å². The van der Waals surface area contributed by atoms with Gasteiger partial charge in [0, 0.05) is 23.0 Å². The molecule has 2 heteroatoms. The van der Waals surface area contributed by atoms with E-state index in [1.165, 1.54) is 30.4 Å². The normalized spacial score (nSPS) is 26.0. The van der Waals surface area contributed by atoms with E-state index in [-0.39, 0.29) is 11.8 Å². The second-order valence-electron chi connectivity index (χ2n) is 11.7. The first-order chi connectivity index (χ1) is 15.6. The summed E-state index contributed by atoms with van der Waals surface area (Å²) in [6, 6.07) is 2.02. The lowest BCUT2D eigenvalue weighted by molar-refractivity contribution is 0.295. The van der Waals surface area contributed by atoms with Crippen LogP contribution in [-0.2, 0) is 6.42 Å². The van der Waals surface area contributed by atoms with Crippen LogP contribution in [0.2, 0.25) is 0 Å². The van der Waals surface area contributed by atoms with Crippen LogP contribution in [0.5, 0.6) is 11.5 Å². The zero-order valence-corrected chi connectivity index (χ0v) is 22.2. The number of hydrogen-bond acceptors (Lipinski definition) is 2. The molecule has 184 valence electrons. The molecule has 3 rings (SSSR count). The van der Waals surface area contributed by atoms with Crippen LogP contribution in [0.25, 0.3) is 0 Å². The Hall–Kier alpha value is -1.70. The maximum atomic E-state index is 12.0. The molecule has 0 saturated carbocycles. The van der Waals surface area contributed by atoms with Gasteiger partial charge in [-0.2, -0.15) is 0 Å². The van der Waals surface area contributed by atoms with Gasteiger partial charge in [-0.25, -0.2) is 0 Å². The first kappa shape index (κ1) is 25.9. The van der Waals surface area contributed by atoms with Gasteiger partial charge in [-0.15, -0.1) is 0 Å². The summed E-state index contributed by atoms with van der Waals surface area (Å²) >= 11 is 0. The first-order valence-electron chi connectivity index (χ1n) is 13.6. The minimum Gasteiger partial charge on any atom is -0.507 e. The van der Waals surface area contributed by atoms with Crippen LogP contribution in [0.1, 0.15) is 122 Å². The summed E-state index contributed by atoms with van der Waals surface area (Å²) in [6.45, 7) is 15.9. The number of benzene rings is 1. The molecular weight excluding hydrogens is 404 g/mol. The zero-order chi connectivity index (χ0) is 24.3. The van der Waals surface area contributed by atoms with Crippen molar-refractivity contribution in [2.24, 2.45) is 23.7 Å². The van der Waals surface area contributed by atoms with Crippen LogP contribution in [0.4, 0.5) is 0 Å². The highest BCUT2D eigenvalue weighted by Gasteiger charge is 2.36. The van der Waals surface area contributed by atoms with Crippen molar-refractivity contribution in [1.29, 1.82) is 0 Å². The van der Waals surface area contributed by atoms with Gasteiger partial charge in [0.15, 0.2) is 0 Å². The highest BCUT2D eigenvalue weighted by Crippen LogP contribution is 2.52. The van der Waals surface area contributed by atoms with Gasteiger partial charge in [0.05, 0.1) is 0 Å². The lowest BCUT2D eigenvalue weighted by atomic mass is 9.68. The second kappa shape index (κ2) is 11.2. The molecule has 0 spiro atoms. The predicted molar refractivity (Wildman–Crippen MR) is 141 cm³/mol. The Kier molecular flexibility index (Phi) is 8.76. The summed E-state index contributed by atoms with van der Waals surface area (Å²) in [5, 5.41) is 23.3. The molecule has 0 heterocycles. The van der Waals surface area contributed by atoms with Crippen LogP contribution in [0.15, 0.2) is 29.4 Å². The Morgan fingerprint density at radius 1 is 0.818 bits per heavy atom. The van der Waals surface area contributed by atoms with Crippen LogP contribution in [0, 0.1) is 23.7 Å². The number of aromatic hydroxyl groups is 2. The number of phenols is 2. The molecule has 0 fully saturated rings. The van der Waals surface area contributed by atoms with Gasteiger partial charge in [-0.1, -0.05) is 70.8 Å². The van der Waals surface area contributed by atoms with Gasteiger partial charge >= 0.3 is 0 Å². The van der Waals surface area contributed by atoms with Crippen molar-refractivity contribution in [2.75, 3.05) is 0 Å². The van der Waals surface area contributed by atoms with Gasteiger partial charge in [0.1, 0.15) is 11.5 Å². The third kappa shape index (κ3) is 5.69. The topological polar surface area (TPSA) is 40.5 Å². The Labute approximate surface area is 203 Å². The molecule has 4 atom stereocenters. The maximum Gasteiger partial charge on any atom is 0.127 e. The Morgan fingerprint density at radius 2 is 1.33 bits per heavy atom. The van der Waals surface area contributed by atoms with Gasteiger partial charge in [0.2, 0.25) is 0 Å². The van der Waals surface area contributed by atoms with Gasteiger partial charge in [-0.3, -0.25) is 0 Å². The summed E-state index contributed by atoms with van der Waals surface area (Å²) in [5.41, 5.74) is 5.84. The van der Waals surface area contributed by atoms with Crippen molar-refractivity contribution >= 4 is 0 Å². The molecule has 1 aromatic rings. The van der Waals surface area contributed by atoms with Crippen molar-refractivity contribution in [3.8, 4) is 11.5 Å². The molecule has 2 N–H and O–H groups in total. The smallest absolute Gasteiger partial charge is 0.127 e. The van der Waals surface area contributed by atoms with E-state index in [2.05, 4.69) is 60.6 Å². The summed E-state index contributed by atoms with van der Waals surface area (Å²) < 4.78 is 0. The monoisotopic (exact) mass is 452 g/mol. The predicted octanol–water partition coefficient (Wildman–Crippen LogP) is 9.02. The van der Waals surface area contributed by atoms with Crippen LogP contribution < -0.4 is 0 Å². The molecule has 0 radical (unpaired) electrons. The zero-order valence-electron chi connectivity index (χ0n) is 22.2. The molecule has 2 nitrogen and oxygen atoms in total. The molecule has 0 saturated heterocycles. The van der Waals surface area contributed by atoms with E-state index in [1.807, 2.05) is 6.07 Å². The average molecular weight is 453 g/mol. The van der Waals surface area contributed by atoms with E-state index in [0.29, 0.717) is 35.2 Å². The number of hydrogen-bond donors (Lipinski definition) is 2. The summed E-state index contributed by atoms with van der Waals surface area (Å²) in [7, 11) is 0. The van der Waals surface area contributed by atoms with Crippen LogP contribution >= 0.6 is 0 Å². The third-order valence-electron chi connectivity index (χ3n) is 8.47. The van der Waals surface area contributed by atoms with Crippen molar-refractivity contribution in [3.05, 3.63) is 46.1 Å². The fourth-order valence-electron chi connectivity index (χ4n) is 6.48. The minimum absolute atomic E-state index is 0.0772. The average Bonchev–Trinajstić information content (AvgIpc) is 2.73. The quantitative estimate of drug-likeness (QED) is 0.305. The molecular formula is C31H48O2. The van der Waals surface area contributed by atoms with Crippen molar-refractivity contribution in [3.63, 3.8) is 0 Å². The fourth-order valence-corrected chi connectivity index (χ4v) is 6.48. The van der Waals surface area contributed by atoms with E-state index in [0.717, 1.165) is 48.8 Å². The van der Waals surface area contributed by atoms with Crippen molar-refractivity contribution in [2.45, 2.75) is 112 Å². The molecule has 0 bridgehead atoms. The number of aryl methyl sites for hydroxylation is 1. The standard InChI is InChI=1S/C31H48O2/c1-8-9-10-11-23-18-28(32)30(27-17-22(7)13-15-25(27)20(4)5)31(33)29(23)26-16-21(6)12-14-24(26)19(2)3/h16-20,24-27,32-33H,8-15H2,1-7H3/t24-,25?,26+,27+/m0/s1. The minimum atomic E-state index is 0.0772. The molecule has 2 aliphatic carbocycles. The SMILES string of the molecule is CCCCCc1cc(O)c([C@@H]2C=C(C)CCC2C(C)C)c(O)c1[C@@H]1C=C(C)CC[C@H]1C(C)C. The lowest BCUT2D eigenvalue weighted by Gasteiger charge is -2.37. The first-order valence-corrected chi connectivity index (χ1v) is 13.6. The lowest BCUT2D eigenvalue weighted by Crippen LogP contribution is -2.24. The molecule has 1 aromatic carbocycles. The van der Waals surface area contributed by atoms with Gasteiger partial charge in [0.25, 0.3) is 0 Å². The van der Waals surface area contributed by atoms with Crippen molar-refractivity contribution in [1.82, 2.24) is 0 Å². The van der Waals surface area contributed by atoms with Gasteiger partial charge < -0.3 is 10.2 Å². The molecule has 1 unspecified atom stereocenters. The third-order valence-corrected chi connectivity index (χ3v) is 8.47. The molecule has 0 amide bonds. The Balaban J connectivity index is 2.21. The molecule has 0 aliphatic heterocycles. The Bertz CT molecular complexity index is 873. The number of phenolic OH excluding ortho intramolecular Hbond substituents is 2. The van der Waals surface area contributed by atoms with Crippen molar-refractivity contribution < 1.29 is 10.2 Å². The van der Waals surface area contributed by atoms with E-state index in [1.54, 1.807) is 0 Å². The van der Waals surface area contributed by atoms with E-state index >= 15 is 0 Å². The highest BCUT2D eigenvalue weighted by molar-refractivity contribution is 5.59. The molecule has 33 heavy (non-hydrogen) atoms. The summed E-state index contributed by atoms with van der Waals surface area (Å²) in [5.74, 6) is 2.99. The fraction of sp³-hybridized carbons (Fsp3) is 0.677. The van der Waals surface area contributed by atoms with Crippen LogP contribution in [-0.4, -0.2) is 10.2 Å². The molecule has 0 aromatic heterocycles. The Morgan fingerprint density at radius 3 is 1.82 bits per heavy atom. The largest absolute Gasteiger partial charge is 0.507 e. The van der Waals surface area contributed by atoms with E-state index in [4.69, 9.17) is 0 Å². The number of unbranched alkanes of at least 4 members (excludes halogenated alkanes) is 2. The highest BCUT2D eigenvalue weighted by atomic mass is 16.3. The summed E-state index contributed by atoms with van der Waals surface area (Å²) in [4.78, 5) is 0. The number of rotatable bonds is 8. The number of allylic oxidation sites excluding steroid dienone is 4. The van der Waals surface area contributed by atoms with Crippen LogP contribution in [0.3, 0.4) is 0 Å².